The molecule has 1 aromatic heterocycles. The summed E-state index contributed by atoms with van der Waals surface area (Å²) in [6.07, 6.45) is 6.62. The van der Waals surface area contributed by atoms with Crippen molar-refractivity contribution in [2.75, 3.05) is 5.75 Å². The summed E-state index contributed by atoms with van der Waals surface area (Å²) in [5.74, 6) is 2.14. The van der Waals surface area contributed by atoms with Crippen LogP contribution in [0.4, 0.5) is 0 Å². The summed E-state index contributed by atoms with van der Waals surface area (Å²) in [5, 5.41) is 10.3. The van der Waals surface area contributed by atoms with Crippen LogP contribution in [-0.2, 0) is 4.79 Å². The first-order valence-electron chi connectivity index (χ1n) is 6.09. The Morgan fingerprint density at radius 2 is 2.47 bits per heavy atom. The molecule has 0 spiro atoms. The normalized spacial score (nSPS) is 30.7. The monoisotopic (exact) mass is 252 g/mol. The van der Waals surface area contributed by atoms with Crippen LogP contribution in [0, 0.1) is 11.8 Å². The highest BCUT2D eigenvalue weighted by atomic mass is 32.2. The van der Waals surface area contributed by atoms with Crippen LogP contribution in [0.15, 0.2) is 11.5 Å². The second-order valence-corrected chi connectivity index (χ2v) is 5.89. The van der Waals surface area contributed by atoms with Crippen molar-refractivity contribution in [2.45, 2.75) is 36.9 Å². The molecule has 2 N–H and O–H groups in total. The number of hydrogen-bond acceptors (Lipinski definition) is 4. The van der Waals surface area contributed by atoms with Crippen molar-refractivity contribution in [3.05, 3.63) is 6.33 Å². The highest BCUT2D eigenvalue weighted by Crippen LogP contribution is 2.44. The predicted octanol–water partition coefficient (Wildman–Crippen LogP) is 1.20. The van der Waals surface area contributed by atoms with Crippen LogP contribution in [-0.4, -0.2) is 32.9 Å². The lowest BCUT2D eigenvalue weighted by Crippen LogP contribution is -2.39. The topological polar surface area (TPSA) is 70.7 Å². The Labute approximate surface area is 104 Å². The molecule has 0 aliphatic heterocycles. The molecule has 2 aliphatic rings. The zero-order valence-corrected chi connectivity index (χ0v) is 10.4. The molecule has 0 radical (unpaired) electrons. The van der Waals surface area contributed by atoms with Gasteiger partial charge in [0.2, 0.25) is 5.91 Å². The quantitative estimate of drug-likeness (QED) is 0.790. The van der Waals surface area contributed by atoms with Crippen LogP contribution < -0.4 is 5.32 Å². The largest absolute Gasteiger partial charge is 0.352 e. The van der Waals surface area contributed by atoms with Gasteiger partial charge in [-0.05, 0) is 31.1 Å². The molecule has 2 fully saturated rings. The smallest absolute Gasteiger partial charge is 0.230 e. The lowest BCUT2D eigenvalue weighted by atomic mass is 9.95. The maximum absolute atomic E-state index is 11.8. The van der Waals surface area contributed by atoms with Gasteiger partial charge in [0.1, 0.15) is 6.33 Å². The predicted molar refractivity (Wildman–Crippen MR) is 64.5 cm³/mol. The van der Waals surface area contributed by atoms with Crippen LogP contribution in [0.1, 0.15) is 25.7 Å². The molecule has 1 amide bonds. The Hall–Kier alpha value is -1.04. The fourth-order valence-electron chi connectivity index (χ4n) is 3.07. The minimum atomic E-state index is 0.115. The van der Waals surface area contributed by atoms with Crippen molar-refractivity contribution in [1.29, 1.82) is 0 Å². The zero-order valence-electron chi connectivity index (χ0n) is 9.56. The fourth-order valence-corrected chi connectivity index (χ4v) is 3.66. The Morgan fingerprint density at radius 1 is 1.53 bits per heavy atom. The van der Waals surface area contributed by atoms with E-state index in [4.69, 9.17) is 0 Å². The van der Waals surface area contributed by atoms with Gasteiger partial charge >= 0.3 is 0 Å². The van der Waals surface area contributed by atoms with Crippen LogP contribution in [0.2, 0.25) is 0 Å². The van der Waals surface area contributed by atoms with E-state index in [2.05, 4.69) is 20.5 Å². The summed E-state index contributed by atoms with van der Waals surface area (Å²) in [7, 11) is 0. The molecule has 2 saturated carbocycles. The zero-order chi connectivity index (χ0) is 11.7. The molecule has 17 heavy (non-hydrogen) atoms. The number of fused-ring (bicyclic) bond motifs is 2. The SMILES string of the molecule is O=C(CSc1ncn[nH]1)N[C@@H]1C[C@H]2CC[C@H]1C2. The van der Waals surface area contributed by atoms with Gasteiger partial charge in [-0.1, -0.05) is 18.2 Å². The van der Waals surface area contributed by atoms with Crippen LogP contribution >= 0.6 is 11.8 Å². The molecule has 92 valence electrons. The van der Waals surface area contributed by atoms with Gasteiger partial charge < -0.3 is 5.32 Å². The lowest BCUT2D eigenvalue weighted by Gasteiger charge is -2.22. The number of rotatable bonds is 4. The Kier molecular flexibility index (Phi) is 3.05. The van der Waals surface area contributed by atoms with Crippen molar-refractivity contribution >= 4 is 17.7 Å². The minimum Gasteiger partial charge on any atom is -0.352 e. The number of hydrogen-bond donors (Lipinski definition) is 2. The number of amides is 1. The van der Waals surface area contributed by atoms with Gasteiger partial charge in [0.25, 0.3) is 0 Å². The third-order valence-electron chi connectivity index (χ3n) is 3.82. The summed E-state index contributed by atoms with van der Waals surface area (Å²) in [5.41, 5.74) is 0. The molecule has 2 aliphatic carbocycles. The number of carbonyl (C=O) groups is 1. The third kappa shape index (κ3) is 2.46. The van der Waals surface area contributed by atoms with E-state index in [1.165, 1.54) is 43.8 Å². The molecule has 0 unspecified atom stereocenters. The number of carbonyl (C=O) groups excluding carboxylic acids is 1. The van der Waals surface area contributed by atoms with E-state index in [1.54, 1.807) is 0 Å². The fraction of sp³-hybridized carbons (Fsp3) is 0.727. The summed E-state index contributed by atoms with van der Waals surface area (Å²) < 4.78 is 0. The van der Waals surface area contributed by atoms with E-state index >= 15 is 0 Å². The van der Waals surface area contributed by atoms with E-state index < -0.39 is 0 Å². The molecule has 5 nitrogen and oxygen atoms in total. The minimum absolute atomic E-state index is 0.115. The standard InChI is InChI=1S/C11H16N4OS/c16-10(5-17-11-12-6-13-15-11)14-9-4-7-1-2-8(9)3-7/h6-9H,1-5H2,(H,14,16)(H,12,13,15)/t7-,8-,9+/m0/s1. The molecule has 6 heteroatoms. The molecule has 3 rings (SSSR count). The van der Waals surface area contributed by atoms with Gasteiger partial charge in [-0.2, -0.15) is 5.10 Å². The van der Waals surface area contributed by atoms with E-state index in [9.17, 15) is 4.79 Å². The van der Waals surface area contributed by atoms with Crippen molar-refractivity contribution < 1.29 is 4.79 Å². The number of H-pyrrole nitrogens is 1. The van der Waals surface area contributed by atoms with E-state index in [-0.39, 0.29) is 5.91 Å². The molecular formula is C11H16N4OS. The molecule has 0 saturated heterocycles. The number of aromatic nitrogens is 3. The van der Waals surface area contributed by atoms with Crippen LogP contribution in [0.5, 0.6) is 0 Å². The maximum atomic E-state index is 11.8. The first-order valence-corrected chi connectivity index (χ1v) is 7.07. The lowest BCUT2D eigenvalue weighted by molar-refractivity contribution is -0.119. The Morgan fingerprint density at radius 3 is 3.12 bits per heavy atom. The number of aromatic amines is 1. The van der Waals surface area contributed by atoms with Crippen molar-refractivity contribution in [3.63, 3.8) is 0 Å². The first kappa shape index (κ1) is 11.1. The van der Waals surface area contributed by atoms with Gasteiger partial charge in [-0.3, -0.25) is 9.89 Å². The van der Waals surface area contributed by atoms with Crippen LogP contribution in [0.3, 0.4) is 0 Å². The van der Waals surface area contributed by atoms with Crippen molar-refractivity contribution in [2.24, 2.45) is 11.8 Å². The average Bonchev–Trinajstić information content (AvgIpc) is 3.03. The summed E-state index contributed by atoms with van der Waals surface area (Å²) in [4.78, 5) is 15.8. The second-order valence-electron chi connectivity index (χ2n) is 4.93. The van der Waals surface area contributed by atoms with E-state index in [1.807, 2.05) is 0 Å². The van der Waals surface area contributed by atoms with Crippen molar-refractivity contribution in [1.82, 2.24) is 20.5 Å². The summed E-state index contributed by atoms with van der Waals surface area (Å²) in [6, 6.07) is 0.427. The van der Waals surface area contributed by atoms with Gasteiger partial charge in [0.05, 0.1) is 5.75 Å². The van der Waals surface area contributed by atoms with Gasteiger partial charge in [-0.15, -0.1) is 0 Å². The molecule has 0 aromatic carbocycles. The first-order chi connectivity index (χ1) is 8.31. The number of thioether (sulfide) groups is 1. The van der Waals surface area contributed by atoms with Crippen molar-refractivity contribution in [3.8, 4) is 0 Å². The second kappa shape index (κ2) is 4.68. The molecule has 1 aromatic rings. The summed E-state index contributed by atoms with van der Waals surface area (Å²) in [6.45, 7) is 0. The summed E-state index contributed by atoms with van der Waals surface area (Å²) >= 11 is 1.40. The molecular weight excluding hydrogens is 236 g/mol. The molecule has 1 heterocycles. The van der Waals surface area contributed by atoms with Crippen LogP contribution in [0.25, 0.3) is 0 Å². The average molecular weight is 252 g/mol. The maximum Gasteiger partial charge on any atom is 0.230 e. The highest BCUT2D eigenvalue weighted by molar-refractivity contribution is 7.99. The van der Waals surface area contributed by atoms with E-state index in [0.29, 0.717) is 17.0 Å². The van der Waals surface area contributed by atoms with Gasteiger partial charge in [0.15, 0.2) is 5.16 Å². The number of nitrogens with one attached hydrogen (secondary N) is 2. The number of nitrogens with zero attached hydrogens (tertiary/aromatic N) is 2. The molecule has 2 bridgehead atoms. The van der Waals surface area contributed by atoms with E-state index in [0.717, 1.165) is 11.8 Å². The Bertz CT molecular complexity index is 394. The third-order valence-corrected chi connectivity index (χ3v) is 4.69. The Balaban J connectivity index is 1.44. The van der Waals surface area contributed by atoms with Gasteiger partial charge in [0, 0.05) is 6.04 Å². The molecule has 3 atom stereocenters. The highest BCUT2D eigenvalue weighted by Gasteiger charge is 2.39. The van der Waals surface area contributed by atoms with Gasteiger partial charge in [-0.25, -0.2) is 4.98 Å².